The summed E-state index contributed by atoms with van der Waals surface area (Å²) in [6.45, 7) is 1.97. The van der Waals surface area contributed by atoms with Gasteiger partial charge in [-0.3, -0.25) is 9.36 Å². The molecule has 51 heavy (non-hydrogen) atoms. The third-order valence-corrected chi connectivity index (χ3v) is 9.88. The molecule has 0 saturated heterocycles. The number of nitrogens with zero attached hydrogens (tertiary/aromatic N) is 2. The van der Waals surface area contributed by atoms with Gasteiger partial charge in [0.1, 0.15) is 6.61 Å². The van der Waals surface area contributed by atoms with Crippen LogP contribution in [0.1, 0.15) is 35.2 Å². The van der Waals surface area contributed by atoms with E-state index in [1.807, 2.05) is 30.3 Å². The molecule has 13 heteroatoms. The van der Waals surface area contributed by atoms with Gasteiger partial charge in [-0.25, -0.2) is 9.79 Å². The zero-order valence-corrected chi connectivity index (χ0v) is 31.0. The minimum atomic E-state index is -0.911. The molecule has 1 atom stereocenters. The molecule has 0 aliphatic carbocycles. The summed E-state index contributed by atoms with van der Waals surface area (Å²) >= 11 is 20.3. The number of hydrogen-bond donors (Lipinski definition) is 0. The molecular weight excluding hydrogens is 735 g/mol. The molecule has 4 aromatic carbocycles. The number of halogens is 3. The third-order valence-electron chi connectivity index (χ3n) is 8.03. The highest BCUT2D eigenvalue weighted by Gasteiger charge is 2.35. The molecule has 0 fully saturated rings. The van der Waals surface area contributed by atoms with E-state index in [0.29, 0.717) is 70.3 Å². The first-order valence-corrected chi connectivity index (χ1v) is 17.6. The molecule has 5 aromatic rings. The Morgan fingerprint density at radius 3 is 2.31 bits per heavy atom. The van der Waals surface area contributed by atoms with Crippen LogP contribution in [0.2, 0.25) is 15.1 Å². The fourth-order valence-corrected chi connectivity index (χ4v) is 7.42. The number of carbonyl (C=O) groups is 1. The van der Waals surface area contributed by atoms with Crippen molar-refractivity contribution in [3.05, 3.63) is 141 Å². The van der Waals surface area contributed by atoms with Gasteiger partial charge in [-0.15, -0.1) is 0 Å². The summed E-state index contributed by atoms with van der Waals surface area (Å²) in [5, 5.41) is 1.23. The number of methoxy groups -OCH3 is 3. The van der Waals surface area contributed by atoms with Crippen LogP contribution >= 0.6 is 46.1 Å². The first-order chi connectivity index (χ1) is 24.7. The molecule has 1 aliphatic rings. The van der Waals surface area contributed by atoms with Gasteiger partial charge in [0, 0.05) is 21.2 Å². The number of ether oxygens (including phenoxy) is 5. The number of hydrogen-bond acceptors (Lipinski definition) is 9. The van der Waals surface area contributed by atoms with Crippen molar-refractivity contribution in [1.29, 1.82) is 0 Å². The second-order valence-electron chi connectivity index (χ2n) is 11.1. The number of aromatic nitrogens is 1. The molecule has 0 spiro atoms. The van der Waals surface area contributed by atoms with Gasteiger partial charge in [0.05, 0.1) is 54.8 Å². The van der Waals surface area contributed by atoms with Crippen LogP contribution in [-0.4, -0.2) is 38.5 Å². The fraction of sp³-hybridized carbons (Fsp3) is 0.184. The minimum absolute atomic E-state index is 0.118. The van der Waals surface area contributed by atoms with Gasteiger partial charge in [-0.2, -0.15) is 0 Å². The maximum atomic E-state index is 14.4. The van der Waals surface area contributed by atoms with Crippen molar-refractivity contribution in [2.24, 2.45) is 4.99 Å². The highest BCUT2D eigenvalue weighted by atomic mass is 35.5. The smallest absolute Gasteiger partial charge is 0.338 e. The van der Waals surface area contributed by atoms with E-state index in [2.05, 4.69) is 0 Å². The van der Waals surface area contributed by atoms with Gasteiger partial charge in [0.15, 0.2) is 27.8 Å². The van der Waals surface area contributed by atoms with Crippen LogP contribution in [0.3, 0.4) is 0 Å². The number of carbonyl (C=O) groups excluding carboxylic acids is 1. The van der Waals surface area contributed by atoms with Gasteiger partial charge >= 0.3 is 5.97 Å². The lowest BCUT2D eigenvalue weighted by Crippen LogP contribution is -2.40. The van der Waals surface area contributed by atoms with Crippen molar-refractivity contribution in [3.63, 3.8) is 0 Å². The minimum Gasteiger partial charge on any atom is -0.493 e. The SMILES string of the molecule is CCOC(=O)C1=C(c2ccccc2)N=c2s/c(=C\c3cc(Cl)c(OCc4ccc(Cl)cc4Cl)c(OC)c3)c(=O)n2[C@@H]1c1ccc(OC)c(OC)c1. The molecular formula is C38H31Cl3N2O7S. The molecule has 0 N–H and O–H groups in total. The lowest BCUT2D eigenvalue weighted by Gasteiger charge is -2.26. The molecule has 262 valence electrons. The zero-order chi connectivity index (χ0) is 36.2. The predicted molar refractivity (Wildman–Crippen MR) is 199 cm³/mol. The molecule has 0 radical (unpaired) electrons. The Bertz CT molecular complexity index is 2340. The van der Waals surface area contributed by atoms with Crippen LogP contribution in [0.25, 0.3) is 11.8 Å². The molecule has 0 bridgehead atoms. The summed E-state index contributed by atoms with van der Waals surface area (Å²) in [6, 6.07) is 22.2. The third kappa shape index (κ3) is 7.36. The van der Waals surface area contributed by atoms with E-state index in [4.69, 9.17) is 63.5 Å². The molecule has 9 nitrogen and oxygen atoms in total. The van der Waals surface area contributed by atoms with Crippen LogP contribution < -0.4 is 33.8 Å². The van der Waals surface area contributed by atoms with Crippen LogP contribution in [0.4, 0.5) is 0 Å². The number of rotatable bonds is 11. The van der Waals surface area contributed by atoms with Crippen LogP contribution in [-0.2, 0) is 16.1 Å². The lowest BCUT2D eigenvalue weighted by atomic mass is 9.93. The summed E-state index contributed by atoms with van der Waals surface area (Å²) in [6.07, 6.45) is 1.69. The molecule has 1 aromatic heterocycles. The second kappa shape index (κ2) is 15.7. The van der Waals surface area contributed by atoms with Crippen molar-refractivity contribution in [3.8, 4) is 23.0 Å². The van der Waals surface area contributed by atoms with Crippen LogP contribution in [0.15, 0.2) is 94.2 Å². The zero-order valence-electron chi connectivity index (χ0n) is 27.9. The Kier molecular flexibility index (Phi) is 11.1. The van der Waals surface area contributed by atoms with Gasteiger partial charge in [0.25, 0.3) is 5.56 Å². The fourth-order valence-electron chi connectivity index (χ4n) is 5.68. The Hall–Kier alpha value is -4.74. The second-order valence-corrected chi connectivity index (χ2v) is 13.4. The first kappa shape index (κ1) is 36.1. The molecule has 1 aliphatic heterocycles. The lowest BCUT2D eigenvalue weighted by molar-refractivity contribution is -0.138. The number of benzene rings is 4. The summed E-state index contributed by atoms with van der Waals surface area (Å²) in [5.41, 5.74) is 2.81. The average molecular weight is 766 g/mol. The summed E-state index contributed by atoms with van der Waals surface area (Å²) in [7, 11) is 4.55. The topological polar surface area (TPSA) is 97.6 Å². The van der Waals surface area contributed by atoms with E-state index in [0.717, 1.165) is 0 Å². The van der Waals surface area contributed by atoms with E-state index in [1.165, 1.54) is 37.2 Å². The van der Waals surface area contributed by atoms with E-state index in [-0.39, 0.29) is 29.4 Å². The monoisotopic (exact) mass is 764 g/mol. The predicted octanol–water partition coefficient (Wildman–Crippen LogP) is 7.50. The number of thiazole rings is 1. The molecule has 0 saturated carbocycles. The van der Waals surface area contributed by atoms with Crippen LogP contribution in [0, 0.1) is 0 Å². The Morgan fingerprint density at radius 1 is 0.882 bits per heavy atom. The van der Waals surface area contributed by atoms with E-state index >= 15 is 0 Å². The normalized spacial score (nSPS) is 14.1. The Balaban J connectivity index is 1.51. The molecule has 2 heterocycles. The van der Waals surface area contributed by atoms with Crippen molar-refractivity contribution in [2.75, 3.05) is 27.9 Å². The van der Waals surface area contributed by atoms with E-state index in [9.17, 15) is 9.59 Å². The van der Waals surface area contributed by atoms with Crippen molar-refractivity contribution in [1.82, 2.24) is 4.57 Å². The molecule has 0 amide bonds. The standard InChI is InChI=1S/C38H31Cl3N2O7S/c1-5-49-37(45)32-33(22-9-7-6-8-10-22)42-38-43(34(32)23-12-14-28(46-2)29(18-23)47-3)36(44)31(51-38)17-21-15-27(41)35(30(16-21)48-4)50-20-24-11-13-25(39)19-26(24)40/h6-19,34H,5,20H2,1-4H3/b31-17-/t34-/m1/s1. The summed E-state index contributed by atoms with van der Waals surface area (Å²) in [5.74, 6) is 0.991. The Morgan fingerprint density at radius 2 is 1.63 bits per heavy atom. The maximum absolute atomic E-state index is 14.4. The number of esters is 1. The van der Waals surface area contributed by atoms with Gasteiger partial charge in [0.2, 0.25) is 0 Å². The van der Waals surface area contributed by atoms with Gasteiger partial charge < -0.3 is 23.7 Å². The van der Waals surface area contributed by atoms with Crippen molar-refractivity contribution in [2.45, 2.75) is 19.6 Å². The maximum Gasteiger partial charge on any atom is 0.338 e. The highest BCUT2D eigenvalue weighted by Crippen LogP contribution is 2.40. The molecule has 6 rings (SSSR count). The highest BCUT2D eigenvalue weighted by molar-refractivity contribution is 7.07. The van der Waals surface area contributed by atoms with Crippen molar-refractivity contribution < 1.29 is 28.5 Å². The summed E-state index contributed by atoms with van der Waals surface area (Å²) in [4.78, 5) is 33.5. The summed E-state index contributed by atoms with van der Waals surface area (Å²) < 4.78 is 30.1. The number of fused-ring (bicyclic) bond motifs is 1. The first-order valence-electron chi connectivity index (χ1n) is 15.6. The largest absolute Gasteiger partial charge is 0.493 e. The van der Waals surface area contributed by atoms with E-state index in [1.54, 1.807) is 61.5 Å². The Labute approximate surface area is 312 Å². The molecule has 0 unspecified atom stereocenters. The van der Waals surface area contributed by atoms with E-state index < -0.39 is 12.0 Å². The van der Waals surface area contributed by atoms with Crippen LogP contribution in [0.5, 0.6) is 23.0 Å². The van der Waals surface area contributed by atoms with Gasteiger partial charge in [-0.1, -0.05) is 88.6 Å². The van der Waals surface area contributed by atoms with Crippen molar-refractivity contribution >= 4 is 63.9 Å². The van der Waals surface area contributed by atoms with Gasteiger partial charge in [-0.05, 0) is 60.5 Å². The average Bonchev–Trinajstić information content (AvgIpc) is 3.44. The quantitative estimate of drug-likeness (QED) is 0.129.